The van der Waals surface area contributed by atoms with E-state index in [-0.39, 0.29) is 5.91 Å². The first kappa shape index (κ1) is 14.1. The second-order valence-electron chi connectivity index (χ2n) is 4.84. The molecule has 0 spiro atoms. The van der Waals surface area contributed by atoms with Crippen LogP contribution in [-0.2, 0) is 11.4 Å². The van der Waals surface area contributed by atoms with Gasteiger partial charge in [0.25, 0.3) is 0 Å². The molecule has 2 aromatic carbocycles. The molecule has 3 nitrogen and oxygen atoms in total. The van der Waals surface area contributed by atoms with Gasteiger partial charge in [0.05, 0.1) is 0 Å². The molecule has 104 valence electrons. The summed E-state index contributed by atoms with van der Waals surface area (Å²) in [6, 6.07) is 13.9. The molecule has 0 aromatic heterocycles. The van der Waals surface area contributed by atoms with Crippen molar-refractivity contribution in [2.75, 3.05) is 5.32 Å². The summed E-state index contributed by atoms with van der Waals surface area (Å²) < 4.78 is 5.92. The van der Waals surface area contributed by atoms with Crippen LogP contribution < -0.4 is 10.1 Å². The molecular weight excluding hydrogens is 250 g/mol. The fourth-order valence-corrected chi connectivity index (χ4v) is 2.10. The molecule has 2 aromatic rings. The average molecular weight is 269 g/mol. The van der Waals surface area contributed by atoms with Gasteiger partial charge in [0.1, 0.15) is 12.4 Å². The minimum absolute atomic E-state index is 0.0778. The highest BCUT2D eigenvalue weighted by Crippen LogP contribution is 2.30. The van der Waals surface area contributed by atoms with Crippen molar-refractivity contribution < 1.29 is 9.53 Å². The minimum atomic E-state index is -0.0778. The van der Waals surface area contributed by atoms with Gasteiger partial charge in [-0.15, -0.1) is 0 Å². The molecule has 20 heavy (non-hydrogen) atoms. The van der Waals surface area contributed by atoms with Crippen LogP contribution in [0.1, 0.15) is 23.6 Å². The first-order valence-electron chi connectivity index (χ1n) is 6.62. The predicted molar refractivity (Wildman–Crippen MR) is 81.0 cm³/mol. The number of ether oxygens (including phenoxy) is 1. The maximum Gasteiger partial charge on any atom is 0.221 e. The highest BCUT2D eigenvalue weighted by atomic mass is 16.5. The fourth-order valence-electron chi connectivity index (χ4n) is 2.10. The van der Waals surface area contributed by atoms with E-state index in [1.54, 1.807) is 0 Å². The zero-order valence-corrected chi connectivity index (χ0v) is 12.1. The second-order valence-corrected chi connectivity index (χ2v) is 4.84. The largest absolute Gasteiger partial charge is 0.488 e. The van der Waals surface area contributed by atoms with Gasteiger partial charge in [0.15, 0.2) is 0 Å². The average Bonchev–Trinajstić information content (AvgIpc) is 2.43. The van der Waals surface area contributed by atoms with E-state index in [0.717, 1.165) is 28.1 Å². The third-order valence-electron chi connectivity index (χ3n) is 3.14. The zero-order valence-electron chi connectivity index (χ0n) is 12.1. The van der Waals surface area contributed by atoms with Crippen LogP contribution in [0.3, 0.4) is 0 Å². The van der Waals surface area contributed by atoms with E-state index >= 15 is 0 Å². The first-order valence-corrected chi connectivity index (χ1v) is 6.62. The van der Waals surface area contributed by atoms with Gasteiger partial charge in [-0.1, -0.05) is 36.4 Å². The Hall–Kier alpha value is -2.29. The molecule has 0 bridgehead atoms. The Labute approximate surface area is 119 Å². The lowest BCUT2D eigenvalue weighted by Gasteiger charge is -2.15. The van der Waals surface area contributed by atoms with Gasteiger partial charge in [-0.25, -0.2) is 0 Å². The number of benzene rings is 2. The highest BCUT2D eigenvalue weighted by molar-refractivity contribution is 5.90. The molecule has 1 N–H and O–H groups in total. The standard InChI is InChI=1S/C17H19NO2/c1-12-9-10-16(18-14(3)19)13(2)17(12)20-11-15-7-5-4-6-8-15/h4-10H,11H2,1-3H3,(H,18,19). The Kier molecular flexibility index (Phi) is 4.41. The topological polar surface area (TPSA) is 38.3 Å². The Balaban J connectivity index is 2.20. The van der Waals surface area contributed by atoms with Crippen molar-refractivity contribution in [3.63, 3.8) is 0 Å². The lowest BCUT2D eigenvalue weighted by molar-refractivity contribution is -0.114. The van der Waals surface area contributed by atoms with Gasteiger partial charge in [-0.3, -0.25) is 4.79 Å². The molecular formula is C17H19NO2. The molecule has 0 fully saturated rings. The number of aryl methyl sites for hydroxylation is 1. The van der Waals surface area contributed by atoms with E-state index in [2.05, 4.69) is 5.32 Å². The molecule has 2 rings (SSSR count). The summed E-state index contributed by atoms with van der Waals surface area (Å²) in [4.78, 5) is 11.2. The highest BCUT2D eigenvalue weighted by Gasteiger charge is 2.10. The quantitative estimate of drug-likeness (QED) is 0.915. The number of hydrogen-bond acceptors (Lipinski definition) is 2. The Morgan fingerprint density at radius 3 is 2.45 bits per heavy atom. The van der Waals surface area contributed by atoms with Crippen LogP contribution in [0.4, 0.5) is 5.69 Å². The normalized spacial score (nSPS) is 10.2. The molecule has 3 heteroatoms. The van der Waals surface area contributed by atoms with Crippen molar-refractivity contribution in [2.45, 2.75) is 27.4 Å². The summed E-state index contributed by atoms with van der Waals surface area (Å²) >= 11 is 0. The summed E-state index contributed by atoms with van der Waals surface area (Å²) in [5.74, 6) is 0.756. The van der Waals surface area contributed by atoms with Gasteiger partial charge < -0.3 is 10.1 Å². The van der Waals surface area contributed by atoms with E-state index < -0.39 is 0 Å². The number of rotatable bonds is 4. The molecule has 0 aliphatic heterocycles. The molecule has 0 atom stereocenters. The number of anilines is 1. The SMILES string of the molecule is CC(=O)Nc1ccc(C)c(OCc2ccccc2)c1C. The number of amides is 1. The van der Waals surface area contributed by atoms with Crippen molar-refractivity contribution in [2.24, 2.45) is 0 Å². The zero-order chi connectivity index (χ0) is 14.5. The summed E-state index contributed by atoms with van der Waals surface area (Å²) in [5, 5.41) is 2.82. The predicted octanol–water partition coefficient (Wildman–Crippen LogP) is 3.84. The van der Waals surface area contributed by atoms with Crippen LogP contribution in [-0.4, -0.2) is 5.91 Å². The van der Waals surface area contributed by atoms with Gasteiger partial charge >= 0.3 is 0 Å². The van der Waals surface area contributed by atoms with Crippen molar-refractivity contribution in [1.82, 2.24) is 0 Å². The van der Waals surface area contributed by atoms with Gasteiger partial charge in [0.2, 0.25) is 5.91 Å². The van der Waals surface area contributed by atoms with Crippen LogP contribution >= 0.6 is 0 Å². The summed E-state index contributed by atoms with van der Waals surface area (Å²) in [5.41, 5.74) is 3.94. The molecule has 0 heterocycles. The number of nitrogens with one attached hydrogen (secondary N) is 1. The van der Waals surface area contributed by atoms with E-state index in [0.29, 0.717) is 6.61 Å². The van der Waals surface area contributed by atoms with Crippen molar-refractivity contribution in [3.05, 3.63) is 59.2 Å². The van der Waals surface area contributed by atoms with E-state index in [9.17, 15) is 4.79 Å². The Morgan fingerprint density at radius 2 is 1.80 bits per heavy atom. The van der Waals surface area contributed by atoms with Gasteiger partial charge in [-0.2, -0.15) is 0 Å². The number of hydrogen-bond donors (Lipinski definition) is 1. The second kappa shape index (κ2) is 6.24. The third kappa shape index (κ3) is 3.38. The molecule has 1 amide bonds. The molecule has 0 unspecified atom stereocenters. The van der Waals surface area contributed by atoms with Crippen LogP contribution in [0.5, 0.6) is 5.75 Å². The third-order valence-corrected chi connectivity index (χ3v) is 3.14. The lowest BCUT2D eigenvalue weighted by atomic mass is 10.1. The maximum absolute atomic E-state index is 11.2. The smallest absolute Gasteiger partial charge is 0.221 e. The van der Waals surface area contributed by atoms with Crippen molar-refractivity contribution >= 4 is 11.6 Å². The van der Waals surface area contributed by atoms with Gasteiger partial charge in [-0.05, 0) is 31.0 Å². The number of carbonyl (C=O) groups excluding carboxylic acids is 1. The molecule has 0 saturated carbocycles. The fraction of sp³-hybridized carbons (Fsp3) is 0.235. The monoisotopic (exact) mass is 269 g/mol. The summed E-state index contributed by atoms with van der Waals surface area (Å²) in [6.45, 7) is 5.99. The van der Waals surface area contributed by atoms with Crippen LogP contribution in [0.15, 0.2) is 42.5 Å². The molecule has 0 aliphatic rings. The summed E-state index contributed by atoms with van der Waals surface area (Å²) in [7, 11) is 0. The molecule has 0 aliphatic carbocycles. The summed E-state index contributed by atoms with van der Waals surface area (Å²) in [6.07, 6.45) is 0. The van der Waals surface area contributed by atoms with Crippen LogP contribution in [0.2, 0.25) is 0 Å². The Morgan fingerprint density at radius 1 is 1.10 bits per heavy atom. The van der Waals surface area contributed by atoms with Crippen LogP contribution in [0, 0.1) is 13.8 Å². The van der Waals surface area contributed by atoms with Crippen molar-refractivity contribution in [3.8, 4) is 5.75 Å². The molecule has 0 saturated heterocycles. The first-order chi connectivity index (χ1) is 9.58. The van der Waals surface area contributed by atoms with E-state index in [4.69, 9.17) is 4.74 Å². The van der Waals surface area contributed by atoms with Crippen LogP contribution in [0.25, 0.3) is 0 Å². The van der Waals surface area contributed by atoms with Gasteiger partial charge in [0, 0.05) is 18.2 Å². The number of carbonyl (C=O) groups is 1. The van der Waals surface area contributed by atoms with E-state index in [1.165, 1.54) is 6.92 Å². The van der Waals surface area contributed by atoms with E-state index in [1.807, 2.05) is 56.3 Å². The lowest BCUT2D eigenvalue weighted by Crippen LogP contribution is -2.08. The molecule has 0 radical (unpaired) electrons. The minimum Gasteiger partial charge on any atom is -0.488 e. The Bertz CT molecular complexity index is 606. The maximum atomic E-state index is 11.2. The van der Waals surface area contributed by atoms with Crippen molar-refractivity contribution in [1.29, 1.82) is 0 Å².